The molecule has 140 valence electrons. The van der Waals surface area contributed by atoms with E-state index in [1.807, 2.05) is 6.20 Å². The fourth-order valence-corrected chi connectivity index (χ4v) is 4.69. The highest BCUT2D eigenvalue weighted by Gasteiger charge is 2.28. The van der Waals surface area contributed by atoms with Gasteiger partial charge in [-0.3, -0.25) is 4.79 Å². The van der Waals surface area contributed by atoms with Gasteiger partial charge in [0.05, 0.1) is 17.9 Å². The van der Waals surface area contributed by atoms with Crippen LogP contribution in [0.15, 0.2) is 35.8 Å². The maximum Gasteiger partial charge on any atom is 0.258 e. The predicted octanol–water partition coefficient (Wildman–Crippen LogP) is 2.63. The van der Waals surface area contributed by atoms with E-state index < -0.39 is 0 Å². The molecule has 0 unspecified atom stereocenters. The number of H-pyrrole nitrogens is 1. The number of hydrogen-bond donors (Lipinski definition) is 1. The number of aromatic amines is 1. The summed E-state index contributed by atoms with van der Waals surface area (Å²) in [6, 6.07) is 2.51. The normalized spacial score (nSPS) is 19.9. The molecular weight excluding hydrogens is 340 g/mol. The molecule has 0 amide bonds. The standard InChI is InChI=1S/C20H24N6O/c27-20-17-5-8-21-19(18(17)22-13-23-20)26-12-15(11-24-26)14-6-9-25(10-7-14)16-3-1-2-4-16/h5,8,11-14,16H,1-4,6-7,9-10H2,(H,22,23,27). The minimum atomic E-state index is -0.157. The molecule has 3 aromatic heterocycles. The summed E-state index contributed by atoms with van der Waals surface area (Å²) in [7, 11) is 0. The fourth-order valence-electron chi connectivity index (χ4n) is 4.69. The van der Waals surface area contributed by atoms with Gasteiger partial charge in [0.2, 0.25) is 0 Å². The molecule has 0 radical (unpaired) electrons. The van der Waals surface area contributed by atoms with Gasteiger partial charge in [-0.25, -0.2) is 14.6 Å². The third-order valence-electron chi connectivity index (χ3n) is 6.20. The number of hydrogen-bond acceptors (Lipinski definition) is 5. The Hall–Kier alpha value is -2.54. The first kappa shape index (κ1) is 16.6. The highest BCUT2D eigenvalue weighted by molar-refractivity contribution is 5.83. The monoisotopic (exact) mass is 364 g/mol. The zero-order valence-electron chi connectivity index (χ0n) is 15.3. The predicted molar refractivity (Wildman–Crippen MR) is 103 cm³/mol. The van der Waals surface area contributed by atoms with Gasteiger partial charge in [0, 0.05) is 18.4 Å². The van der Waals surface area contributed by atoms with Gasteiger partial charge in [-0.05, 0) is 56.3 Å². The van der Waals surface area contributed by atoms with E-state index in [2.05, 4.69) is 31.1 Å². The van der Waals surface area contributed by atoms with Crippen molar-refractivity contribution in [2.24, 2.45) is 0 Å². The molecule has 7 heteroatoms. The SMILES string of the molecule is O=c1[nH]cnc2c(-n3cc(C4CCN(C5CCCC5)CC4)cn3)nccc12. The maximum atomic E-state index is 12.0. The molecule has 1 saturated heterocycles. The lowest BCUT2D eigenvalue weighted by molar-refractivity contribution is 0.154. The molecule has 0 spiro atoms. The summed E-state index contributed by atoms with van der Waals surface area (Å²) in [4.78, 5) is 26.0. The van der Waals surface area contributed by atoms with Crippen LogP contribution >= 0.6 is 0 Å². The average molecular weight is 364 g/mol. The highest BCUT2D eigenvalue weighted by Crippen LogP contribution is 2.32. The molecule has 1 aliphatic heterocycles. The van der Waals surface area contributed by atoms with Gasteiger partial charge in [-0.2, -0.15) is 5.10 Å². The topological polar surface area (TPSA) is 79.7 Å². The van der Waals surface area contributed by atoms with Crippen LogP contribution in [0.25, 0.3) is 16.7 Å². The third-order valence-corrected chi connectivity index (χ3v) is 6.20. The molecule has 1 saturated carbocycles. The number of nitrogens with one attached hydrogen (secondary N) is 1. The van der Waals surface area contributed by atoms with Crippen molar-refractivity contribution < 1.29 is 0 Å². The third kappa shape index (κ3) is 3.06. The Bertz CT molecular complexity index is 995. The van der Waals surface area contributed by atoms with Gasteiger partial charge in [0.15, 0.2) is 5.82 Å². The molecule has 3 aromatic rings. The molecule has 7 nitrogen and oxygen atoms in total. The molecule has 4 heterocycles. The summed E-state index contributed by atoms with van der Waals surface area (Å²) in [5, 5.41) is 5.06. The van der Waals surface area contributed by atoms with Crippen molar-refractivity contribution in [2.75, 3.05) is 13.1 Å². The van der Waals surface area contributed by atoms with Crippen molar-refractivity contribution in [1.29, 1.82) is 0 Å². The average Bonchev–Trinajstić information content (AvgIpc) is 3.41. The van der Waals surface area contributed by atoms with Gasteiger partial charge in [0.1, 0.15) is 5.52 Å². The molecule has 1 N–H and O–H groups in total. The zero-order valence-corrected chi connectivity index (χ0v) is 15.3. The number of nitrogens with zero attached hydrogens (tertiary/aromatic N) is 5. The van der Waals surface area contributed by atoms with Gasteiger partial charge in [0.25, 0.3) is 5.56 Å². The first-order valence-corrected chi connectivity index (χ1v) is 9.91. The summed E-state index contributed by atoms with van der Waals surface area (Å²) in [6.07, 6.45) is 15.0. The lowest BCUT2D eigenvalue weighted by Crippen LogP contribution is -2.39. The molecule has 27 heavy (non-hydrogen) atoms. The van der Waals surface area contributed by atoms with Crippen LogP contribution in [0.4, 0.5) is 0 Å². The largest absolute Gasteiger partial charge is 0.313 e. The number of pyridine rings is 1. The van der Waals surface area contributed by atoms with E-state index in [4.69, 9.17) is 0 Å². The van der Waals surface area contributed by atoms with E-state index in [9.17, 15) is 4.79 Å². The van der Waals surface area contributed by atoms with E-state index >= 15 is 0 Å². The van der Waals surface area contributed by atoms with Crippen molar-refractivity contribution in [3.05, 3.63) is 46.9 Å². The highest BCUT2D eigenvalue weighted by atomic mass is 16.1. The molecule has 0 atom stereocenters. The van der Waals surface area contributed by atoms with Crippen LogP contribution in [0.3, 0.4) is 0 Å². The van der Waals surface area contributed by atoms with Crippen LogP contribution in [0.2, 0.25) is 0 Å². The Labute approximate surface area is 157 Å². The smallest absolute Gasteiger partial charge is 0.258 e. The quantitative estimate of drug-likeness (QED) is 0.773. The molecule has 0 aromatic carbocycles. The van der Waals surface area contributed by atoms with Crippen LogP contribution in [-0.2, 0) is 0 Å². The molecule has 2 aliphatic rings. The van der Waals surface area contributed by atoms with Gasteiger partial charge in [-0.1, -0.05) is 12.8 Å². The second-order valence-corrected chi connectivity index (χ2v) is 7.73. The Morgan fingerprint density at radius 1 is 1.07 bits per heavy atom. The summed E-state index contributed by atoms with van der Waals surface area (Å²) in [6.45, 7) is 2.37. The Kier molecular flexibility index (Phi) is 4.24. The summed E-state index contributed by atoms with van der Waals surface area (Å²) >= 11 is 0. The minimum Gasteiger partial charge on any atom is -0.313 e. The Morgan fingerprint density at radius 3 is 2.70 bits per heavy atom. The minimum absolute atomic E-state index is 0.157. The second kappa shape index (κ2) is 6.88. The maximum absolute atomic E-state index is 12.0. The number of piperidine rings is 1. The summed E-state index contributed by atoms with van der Waals surface area (Å²) in [5.74, 6) is 1.15. The van der Waals surface area contributed by atoms with Gasteiger partial charge in [-0.15, -0.1) is 0 Å². The molecular formula is C20H24N6O. The Morgan fingerprint density at radius 2 is 1.89 bits per heavy atom. The van der Waals surface area contributed by atoms with Gasteiger partial charge < -0.3 is 9.88 Å². The van der Waals surface area contributed by atoms with Crippen LogP contribution < -0.4 is 5.56 Å². The van der Waals surface area contributed by atoms with Crippen LogP contribution in [0.5, 0.6) is 0 Å². The van der Waals surface area contributed by atoms with Crippen molar-refractivity contribution in [3.8, 4) is 5.82 Å². The summed E-state index contributed by atoms with van der Waals surface area (Å²) < 4.78 is 1.76. The number of fused-ring (bicyclic) bond motifs is 1. The molecule has 1 aliphatic carbocycles. The summed E-state index contributed by atoms with van der Waals surface area (Å²) in [5.41, 5.74) is 1.67. The van der Waals surface area contributed by atoms with Crippen molar-refractivity contribution in [2.45, 2.75) is 50.5 Å². The Balaban J connectivity index is 1.37. The first-order valence-electron chi connectivity index (χ1n) is 9.91. The van der Waals surface area contributed by atoms with Gasteiger partial charge >= 0.3 is 0 Å². The number of likely N-dealkylation sites (tertiary alicyclic amines) is 1. The van der Waals surface area contributed by atoms with Crippen LogP contribution in [0, 0.1) is 0 Å². The van der Waals surface area contributed by atoms with E-state index in [0.717, 1.165) is 6.04 Å². The van der Waals surface area contributed by atoms with E-state index in [1.165, 1.54) is 63.5 Å². The molecule has 0 bridgehead atoms. The van der Waals surface area contributed by atoms with Crippen LogP contribution in [-0.4, -0.2) is 48.8 Å². The molecule has 2 fully saturated rings. The van der Waals surface area contributed by atoms with E-state index in [0.29, 0.717) is 22.6 Å². The number of rotatable bonds is 3. The lowest BCUT2D eigenvalue weighted by atomic mass is 9.91. The number of aromatic nitrogens is 5. The van der Waals surface area contributed by atoms with Crippen molar-refractivity contribution in [1.82, 2.24) is 29.6 Å². The van der Waals surface area contributed by atoms with Crippen molar-refractivity contribution >= 4 is 10.9 Å². The van der Waals surface area contributed by atoms with Crippen LogP contribution in [0.1, 0.15) is 50.0 Å². The van der Waals surface area contributed by atoms with Crippen molar-refractivity contribution in [3.63, 3.8) is 0 Å². The fraction of sp³-hybridized carbons (Fsp3) is 0.500. The first-order chi connectivity index (χ1) is 13.3. The van der Waals surface area contributed by atoms with E-state index in [1.54, 1.807) is 16.9 Å². The molecule has 5 rings (SSSR count). The second-order valence-electron chi connectivity index (χ2n) is 7.73. The van der Waals surface area contributed by atoms with E-state index in [-0.39, 0.29) is 5.56 Å². The lowest BCUT2D eigenvalue weighted by Gasteiger charge is -2.35. The zero-order chi connectivity index (χ0) is 18.2.